The fourth-order valence-electron chi connectivity index (χ4n) is 2.69. The highest BCUT2D eigenvalue weighted by Gasteiger charge is 2.29. The number of nitrogens with one attached hydrogen (secondary N) is 1. The average molecular weight is 369 g/mol. The SMILES string of the molecule is C=CC(/C=C/c1ccc(N2CC(O)C(O)C2)cc1)=C\C=NCC(=O)NCC. The summed E-state index contributed by atoms with van der Waals surface area (Å²) in [6, 6.07) is 7.89. The number of hydrogen-bond donors (Lipinski definition) is 3. The molecule has 0 aromatic heterocycles. The smallest absolute Gasteiger partial charge is 0.241 e. The van der Waals surface area contributed by atoms with E-state index in [0.29, 0.717) is 19.6 Å². The van der Waals surface area contributed by atoms with E-state index < -0.39 is 12.2 Å². The van der Waals surface area contributed by atoms with Crippen molar-refractivity contribution in [3.8, 4) is 0 Å². The fourth-order valence-corrected chi connectivity index (χ4v) is 2.69. The molecule has 1 aliphatic heterocycles. The van der Waals surface area contributed by atoms with Crippen molar-refractivity contribution in [1.82, 2.24) is 5.32 Å². The summed E-state index contributed by atoms with van der Waals surface area (Å²) in [7, 11) is 0. The van der Waals surface area contributed by atoms with Crippen molar-refractivity contribution in [1.29, 1.82) is 0 Å². The molecule has 0 aliphatic carbocycles. The molecule has 2 rings (SSSR count). The number of anilines is 1. The van der Waals surface area contributed by atoms with Gasteiger partial charge in [-0.25, -0.2) is 0 Å². The second kappa shape index (κ2) is 10.4. The molecular weight excluding hydrogens is 342 g/mol. The third-order valence-corrected chi connectivity index (χ3v) is 4.20. The molecule has 1 saturated heterocycles. The first-order valence-electron chi connectivity index (χ1n) is 9.02. The molecule has 1 aromatic rings. The highest BCUT2D eigenvalue weighted by atomic mass is 16.3. The Labute approximate surface area is 160 Å². The third-order valence-electron chi connectivity index (χ3n) is 4.20. The van der Waals surface area contributed by atoms with Crippen molar-refractivity contribution in [2.75, 3.05) is 31.1 Å². The maximum Gasteiger partial charge on any atom is 0.241 e. The molecule has 0 bridgehead atoms. The highest BCUT2D eigenvalue weighted by Crippen LogP contribution is 2.21. The van der Waals surface area contributed by atoms with E-state index in [9.17, 15) is 15.0 Å². The number of carbonyl (C=O) groups excluding carboxylic acids is 1. The number of hydrogen-bond acceptors (Lipinski definition) is 5. The zero-order valence-corrected chi connectivity index (χ0v) is 15.6. The molecule has 6 heteroatoms. The first-order valence-corrected chi connectivity index (χ1v) is 9.02. The van der Waals surface area contributed by atoms with Crippen LogP contribution in [0, 0.1) is 0 Å². The summed E-state index contributed by atoms with van der Waals surface area (Å²) in [6.45, 7) is 7.24. The van der Waals surface area contributed by atoms with Crippen LogP contribution < -0.4 is 10.2 Å². The van der Waals surface area contributed by atoms with Crippen LogP contribution in [0.4, 0.5) is 5.69 Å². The Morgan fingerprint density at radius 3 is 2.56 bits per heavy atom. The third kappa shape index (κ3) is 6.51. The van der Waals surface area contributed by atoms with Gasteiger partial charge in [0.1, 0.15) is 6.54 Å². The molecule has 1 amide bonds. The second-order valence-corrected chi connectivity index (χ2v) is 6.28. The van der Waals surface area contributed by atoms with E-state index in [2.05, 4.69) is 16.9 Å². The Morgan fingerprint density at radius 1 is 1.30 bits per heavy atom. The lowest BCUT2D eigenvalue weighted by Gasteiger charge is -2.17. The standard InChI is InChI=1S/C21H27N3O3/c1-3-16(11-12-22-13-21(27)23-4-2)5-6-17-7-9-18(10-8-17)24-14-19(25)20(26)15-24/h3,5-12,19-20,25-26H,1,4,13-15H2,2H3,(H,23,27)/b6-5+,16-11+,22-12?. The van der Waals surface area contributed by atoms with E-state index >= 15 is 0 Å². The zero-order chi connectivity index (χ0) is 19.6. The second-order valence-electron chi connectivity index (χ2n) is 6.28. The molecule has 0 saturated carbocycles. The average Bonchev–Trinajstić information content (AvgIpc) is 3.00. The minimum atomic E-state index is -0.695. The zero-order valence-electron chi connectivity index (χ0n) is 15.6. The van der Waals surface area contributed by atoms with Crippen LogP contribution in [0.5, 0.6) is 0 Å². The van der Waals surface area contributed by atoms with Crippen LogP contribution in [0.3, 0.4) is 0 Å². The fraction of sp³-hybridized carbons (Fsp3) is 0.333. The van der Waals surface area contributed by atoms with Gasteiger partial charge in [0, 0.05) is 31.5 Å². The maximum absolute atomic E-state index is 11.3. The largest absolute Gasteiger partial charge is 0.389 e. The van der Waals surface area contributed by atoms with Crippen molar-refractivity contribution in [3.05, 3.63) is 60.2 Å². The minimum Gasteiger partial charge on any atom is -0.389 e. The van der Waals surface area contributed by atoms with Crippen molar-refractivity contribution >= 4 is 23.9 Å². The number of aliphatic imine (C=N–C) groups is 1. The van der Waals surface area contributed by atoms with Gasteiger partial charge in [-0.05, 0) is 36.3 Å². The van der Waals surface area contributed by atoms with Crippen LogP contribution in [-0.2, 0) is 4.79 Å². The molecule has 3 N–H and O–H groups in total. The topological polar surface area (TPSA) is 85.2 Å². The summed E-state index contributed by atoms with van der Waals surface area (Å²) in [5.41, 5.74) is 2.87. The van der Waals surface area contributed by atoms with E-state index in [-0.39, 0.29) is 12.5 Å². The van der Waals surface area contributed by atoms with Gasteiger partial charge in [0.25, 0.3) is 0 Å². The van der Waals surface area contributed by atoms with Crippen LogP contribution in [0.2, 0.25) is 0 Å². The normalized spacial score (nSPS) is 20.6. The lowest BCUT2D eigenvalue weighted by Crippen LogP contribution is -2.24. The Balaban J connectivity index is 1.93. The number of benzene rings is 1. The first-order chi connectivity index (χ1) is 13.0. The lowest BCUT2D eigenvalue weighted by molar-refractivity contribution is -0.119. The van der Waals surface area contributed by atoms with Gasteiger partial charge in [0.15, 0.2) is 0 Å². The predicted octanol–water partition coefficient (Wildman–Crippen LogP) is 1.56. The van der Waals surface area contributed by atoms with E-state index in [1.165, 1.54) is 0 Å². The van der Waals surface area contributed by atoms with Gasteiger partial charge in [0.2, 0.25) is 5.91 Å². The number of allylic oxidation sites excluding steroid dienone is 4. The van der Waals surface area contributed by atoms with Crippen molar-refractivity contribution in [2.45, 2.75) is 19.1 Å². The highest BCUT2D eigenvalue weighted by molar-refractivity contribution is 5.82. The molecule has 6 nitrogen and oxygen atoms in total. The van der Waals surface area contributed by atoms with Gasteiger partial charge in [-0.3, -0.25) is 9.79 Å². The minimum absolute atomic E-state index is 0.101. The number of likely N-dealkylation sites (N-methyl/N-ethyl adjacent to an activating group) is 1. The number of rotatable bonds is 8. The Bertz CT molecular complexity index is 713. The number of carbonyl (C=O) groups is 1. The molecule has 27 heavy (non-hydrogen) atoms. The van der Waals surface area contributed by atoms with Gasteiger partial charge >= 0.3 is 0 Å². The maximum atomic E-state index is 11.3. The van der Waals surface area contributed by atoms with Gasteiger partial charge in [-0.1, -0.05) is 36.9 Å². The molecule has 1 heterocycles. The van der Waals surface area contributed by atoms with E-state index in [4.69, 9.17) is 0 Å². The number of amides is 1. The summed E-state index contributed by atoms with van der Waals surface area (Å²) in [6.07, 6.45) is 7.61. The predicted molar refractivity (Wildman–Crippen MR) is 110 cm³/mol. The molecule has 2 atom stereocenters. The van der Waals surface area contributed by atoms with Crippen LogP contribution >= 0.6 is 0 Å². The van der Waals surface area contributed by atoms with Gasteiger partial charge in [0.05, 0.1) is 12.2 Å². The van der Waals surface area contributed by atoms with E-state index in [1.807, 2.05) is 48.2 Å². The summed E-state index contributed by atoms with van der Waals surface area (Å²) >= 11 is 0. The summed E-state index contributed by atoms with van der Waals surface area (Å²) in [5, 5.41) is 22.0. The summed E-state index contributed by atoms with van der Waals surface area (Å²) < 4.78 is 0. The Morgan fingerprint density at radius 2 is 1.96 bits per heavy atom. The summed E-state index contributed by atoms with van der Waals surface area (Å²) in [4.78, 5) is 17.3. The van der Waals surface area contributed by atoms with Crippen molar-refractivity contribution < 1.29 is 15.0 Å². The van der Waals surface area contributed by atoms with E-state index in [0.717, 1.165) is 16.8 Å². The quantitative estimate of drug-likeness (QED) is 0.480. The number of β-amino-alcohol motifs (C(OH)–C–C–N with tert-alkyl or cyclic N) is 2. The molecule has 144 valence electrons. The Hall–Kier alpha value is -2.70. The van der Waals surface area contributed by atoms with Crippen LogP contribution in [0.15, 0.2) is 59.6 Å². The van der Waals surface area contributed by atoms with E-state index in [1.54, 1.807) is 18.4 Å². The molecule has 1 fully saturated rings. The van der Waals surface area contributed by atoms with Crippen molar-refractivity contribution in [3.63, 3.8) is 0 Å². The van der Waals surface area contributed by atoms with Gasteiger partial charge < -0.3 is 20.4 Å². The van der Waals surface area contributed by atoms with Crippen LogP contribution in [-0.4, -0.2) is 60.7 Å². The summed E-state index contributed by atoms with van der Waals surface area (Å²) in [5.74, 6) is -0.101. The molecule has 2 unspecified atom stereocenters. The lowest BCUT2D eigenvalue weighted by atomic mass is 10.1. The van der Waals surface area contributed by atoms with Crippen LogP contribution in [0.25, 0.3) is 6.08 Å². The van der Waals surface area contributed by atoms with Crippen molar-refractivity contribution in [2.24, 2.45) is 4.99 Å². The van der Waals surface area contributed by atoms with Gasteiger partial charge in [-0.2, -0.15) is 0 Å². The monoisotopic (exact) mass is 369 g/mol. The molecular formula is C21H27N3O3. The molecule has 1 aromatic carbocycles. The number of aliphatic hydroxyl groups excluding tert-OH is 2. The first kappa shape index (κ1) is 20.6. The van der Waals surface area contributed by atoms with Gasteiger partial charge in [-0.15, -0.1) is 0 Å². The molecule has 0 spiro atoms. The molecule has 1 aliphatic rings. The Kier molecular flexibility index (Phi) is 7.98. The van der Waals surface area contributed by atoms with Crippen LogP contribution in [0.1, 0.15) is 12.5 Å². The number of nitrogens with zero attached hydrogens (tertiary/aromatic N) is 2. The molecule has 0 radical (unpaired) electrons. The number of aliphatic hydroxyl groups is 2.